The minimum absolute atomic E-state index is 0.0978. The van der Waals surface area contributed by atoms with Crippen molar-refractivity contribution in [3.05, 3.63) is 71.8 Å². The van der Waals surface area contributed by atoms with Gasteiger partial charge in [0.05, 0.1) is 0 Å². The maximum absolute atomic E-state index is 12.4. The van der Waals surface area contributed by atoms with Crippen molar-refractivity contribution in [3.63, 3.8) is 0 Å². The lowest BCUT2D eigenvalue weighted by Gasteiger charge is -2.15. The maximum Gasteiger partial charge on any atom is 0.252 e. The molecule has 2 nitrogen and oxygen atoms in total. The number of hydrogen-bond acceptors (Lipinski definition) is 1. The van der Waals surface area contributed by atoms with Crippen LogP contribution < -0.4 is 5.32 Å². The minimum atomic E-state index is -1.50. The number of nitrogens with one attached hydrogen (secondary N) is 1. The largest absolute Gasteiger partial charge is 0.334 e. The van der Waals surface area contributed by atoms with Crippen molar-refractivity contribution < 1.29 is 4.79 Å². The zero-order valence-electron chi connectivity index (χ0n) is 13.3. The summed E-state index contributed by atoms with van der Waals surface area (Å²) >= 11 is 0. The van der Waals surface area contributed by atoms with Crippen molar-refractivity contribution in [1.82, 2.24) is 5.32 Å². The topological polar surface area (TPSA) is 29.1 Å². The van der Waals surface area contributed by atoms with Gasteiger partial charge in [-0.15, -0.1) is 5.54 Å². The third-order valence-electron chi connectivity index (χ3n) is 3.04. The molecular formula is C19H21NOSi. The van der Waals surface area contributed by atoms with E-state index in [4.69, 9.17) is 0 Å². The molecule has 1 N–H and O–H groups in total. The maximum atomic E-state index is 12.4. The number of benzene rings is 2. The molecule has 1 amide bonds. The molecule has 112 valence electrons. The van der Waals surface area contributed by atoms with Gasteiger partial charge in [-0.1, -0.05) is 74.1 Å². The Kier molecular flexibility index (Phi) is 5.19. The molecule has 2 aromatic carbocycles. The summed E-state index contributed by atoms with van der Waals surface area (Å²) in [6.07, 6.45) is 0. The van der Waals surface area contributed by atoms with Crippen LogP contribution in [0.3, 0.4) is 0 Å². The summed E-state index contributed by atoms with van der Waals surface area (Å²) in [6, 6.07) is 18.8. The van der Waals surface area contributed by atoms with Crippen molar-refractivity contribution in [2.75, 3.05) is 0 Å². The van der Waals surface area contributed by atoms with E-state index in [1.807, 2.05) is 60.7 Å². The second-order valence-corrected chi connectivity index (χ2v) is 11.0. The lowest BCUT2D eigenvalue weighted by molar-refractivity contribution is 0.0945. The summed E-state index contributed by atoms with van der Waals surface area (Å²) in [5.41, 5.74) is 5.01. The molecule has 2 rings (SSSR count). The molecule has 0 saturated carbocycles. The molecule has 0 aliphatic carbocycles. The van der Waals surface area contributed by atoms with Crippen LogP contribution in [0.25, 0.3) is 0 Å². The lowest BCUT2D eigenvalue weighted by Crippen LogP contribution is -2.28. The van der Waals surface area contributed by atoms with Crippen molar-refractivity contribution in [3.8, 4) is 11.5 Å². The van der Waals surface area contributed by atoms with Crippen LogP contribution in [0.2, 0.25) is 19.6 Å². The molecule has 0 aliphatic heterocycles. The number of rotatable bonds is 3. The normalized spacial score (nSPS) is 12.0. The molecule has 1 unspecified atom stereocenters. The van der Waals surface area contributed by atoms with Crippen LogP contribution in [-0.4, -0.2) is 14.0 Å². The van der Waals surface area contributed by atoms with Gasteiger partial charge in [-0.25, -0.2) is 0 Å². The summed E-state index contributed by atoms with van der Waals surface area (Å²) in [5.74, 6) is 3.16. The van der Waals surface area contributed by atoms with E-state index in [9.17, 15) is 4.79 Å². The van der Waals surface area contributed by atoms with Crippen LogP contribution in [0.5, 0.6) is 0 Å². The summed E-state index contributed by atoms with van der Waals surface area (Å²) in [7, 11) is -1.50. The van der Waals surface area contributed by atoms with Gasteiger partial charge in [0.1, 0.15) is 14.1 Å². The third-order valence-corrected chi connectivity index (χ3v) is 3.93. The number of amides is 1. The first kappa shape index (κ1) is 16.1. The molecule has 0 saturated heterocycles. The van der Waals surface area contributed by atoms with E-state index in [1.54, 1.807) is 0 Å². The van der Waals surface area contributed by atoms with Crippen molar-refractivity contribution in [2.24, 2.45) is 0 Å². The average Bonchev–Trinajstić information content (AvgIpc) is 2.52. The van der Waals surface area contributed by atoms with Crippen LogP contribution >= 0.6 is 0 Å². The van der Waals surface area contributed by atoms with E-state index in [1.165, 1.54) is 0 Å². The quantitative estimate of drug-likeness (QED) is 0.673. The molecule has 3 heteroatoms. The van der Waals surface area contributed by atoms with Gasteiger partial charge < -0.3 is 5.32 Å². The Labute approximate surface area is 133 Å². The van der Waals surface area contributed by atoms with Crippen molar-refractivity contribution >= 4 is 14.0 Å². The standard InChI is InChI=1S/C19H21NOSi/c1-22(2,3)15-14-18(16-10-6-4-7-11-16)20-19(21)17-12-8-5-9-13-17/h4-13,18H,1-3H3,(H,20,21). The molecule has 0 fully saturated rings. The Bertz CT molecular complexity index is 678. The highest BCUT2D eigenvalue weighted by Crippen LogP contribution is 2.13. The second kappa shape index (κ2) is 7.10. The predicted octanol–water partition coefficient (Wildman–Crippen LogP) is 4.04. The highest BCUT2D eigenvalue weighted by atomic mass is 28.3. The van der Waals surface area contributed by atoms with Gasteiger partial charge in [0, 0.05) is 5.56 Å². The second-order valence-electron chi connectivity index (χ2n) is 6.20. The minimum Gasteiger partial charge on any atom is -0.334 e. The van der Waals surface area contributed by atoms with Gasteiger partial charge in [-0.2, -0.15) is 0 Å². The van der Waals surface area contributed by atoms with Crippen LogP contribution in [-0.2, 0) is 0 Å². The summed E-state index contributed by atoms with van der Waals surface area (Å²) in [5, 5.41) is 3.03. The van der Waals surface area contributed by atoms with E-state index in [0.29, 0.717) is 5.56 Å². The molecule has 0 bridgehead atoms. The van der Waals surface area contributed by atoms with Gasteiger partial charge in [-0.3, -0.25) is 4.79 Å². The van der Waals surface area contributed by atoms with E-state index >= 15 is 0 Å². The van der Waals surface area contributed by atoms with E-state index in [2.05, 4.69) is 36.4 Å². The van der Waals surface area contributed by atoms with Gasteiger partial charge in [-0.05, 0) is 17.7 Å². The number of carbonyl (C=O) groups is 1. The third kappa shape index (κ3) is 4.91. The predicted molar refractivity (Wildman–Crippen MR) is 94.2 cm³/mol. The van der Waals surface area contributed by atoms with Crippen LogP contribution in [0, 0.1) is 11.5 Å². The van der Waals surface area contributed by atoms with Crippen molar-refractivity contribution in [1.29, 1.82) is 0 Å². The fourth-order valence-corrected chi connectivity index (χ4v) is 2.52. The summed E-state index contributed by atoms with van der Waals surface area (Å²) < 4.78 is 0. The molecule has 2 aromatic rings. The molecule has 22 heavy (non-hydrogen) atoms. The molecule has 0 aliphatic rings. The SMILES string of the molecule is C[Si](C)(C)C#CC(NC(=O)c1ccccc1)c1ccccc1. The van der Waals surface area contributed by atoms with E-state index < -0.39 is 8.07 Å². The van der Waals surface area contributed by atoms with Crippen LogP contribution in [0.15, 0.2) is 60.7 Å². The highest BCUT2D eigenvalue weighted by molar-refractivity contribution is 6.83. The summed E-state index contributed by atoms with van der Waals surface area (Å²) in [6.45, 7) is 6.59. The first-order valence-corrected chi connectivity index (χ1v) is 10.9. The Morgan fingerprint density at radius 3 is 2.05 bits per heavy atom. The zero-order valence-corrected chi connectivity index (χ0v) is 14.3. The molecule has 0 heterocycles. The first-order chi connectivity index (χ1) is 10.5. The zero-order chi connectivity index (χ0) is 16.0. The molecule has 0 aromatic heterocycles. The fourth-order valence-electron chi connectivity index (χ4n) is 1.94. The molecule has 0 radical (unpaired) electrons. The van der Waals surface area contributed by atoms with Gasteiger partial charge in [0.2, 0.25) is 0 Å². The van der Waals surface area contributed by atoms with E-state index in [-0.39, 0.29) is 11.9 Å². The lowest BCUT2D eigenvalue weighted by atomic mass is 10.1. The van der Waals surface area contributed by atoms with Crippen LogP contribution in [0.4, 0.5) is 0 Å². The Morgan fingerprint density at radius 2 is 1.50 bits per heavy atom. The first-order valence-electron chi connectivity index (χ1n) is 7.39. The summed E-state index contributed by atoms with van der Waals surface area (Å²) in [4.78, 5) is 12.4. The molecular weight excluding hydrogens is 286 g/mol. The van der Waals surface area contributed by atoms with Gasteiger partial charge >= 0.3 is 0 Å². The van der Waals surface area contributed by atoms with Crippen LogP contribution in [0.1, 0.15) is 22.0 Å². The molecule has 0 spiro atoms. The fraction of sp³-hybridized carbons (Fsp3) is 0.211. The van der Waals surface area contributed by atoms with Gasteiger partial charge in [0.25, 0.3) is 5.91 Å². The number of hydrogen-bond donors (Lipinski definition) is 1. The Morgan fingerprint density at radius 1 is 0.955 bits per heavy atom. The highest BCUT2D eigenvalue weighted by Gasteiger charge is 2.15. The monoisotopic (exact) mass is 307 g/mol. The smallest absolute Gasteiger partial charge is 0.252 e. The molecule has 1 atom stereocenters. The average molecular weight is 307 g/mol. The van der Waals surface area contributed by atoms with Gasteiger partial charge in [0.15, 0.2) is 0 Å². The van der Waals surface area contributed by atoms with Crippen molar-refractivity contribution in [2.45, 2.75) is 25.7 Å². The number of carbonyl (C=O) groups excluding carboxylic acids is 1. The van der Waals surface area contributed by atoms with E-state index in [0.717, 1.165) is 5.56 Å². The Balaban J connectivity index is 2.25. The Hall–Kier alpha value is -2.31.